The van der Waals surface area contributed by atoms with E-state index in [2.05, 4.69) is 68.4 Å². The molecule has 0 aliphatic carbocycles. The molecule has 3 unspecified atom stereocenters. The number of nitrogens with one attached hydrogen (secondary N) is 1. The van der Waals surface area contributed by atoms with Crippen molar-refractivity contribution in [1.82, 2.24) is 10.2 Å². The van der Waals surface area contributed by atoms with Crippen molar-refractivity contribution in [2.45, 2.75) is 52.1 Å². The monoisotopic (exact) mass is 288 g/mol. The van der Waals surface area contributed by atoms with Gasteiger partial charge in [-0.25, -0.2) is 0 Å². The fraction of sp³-hybridized carbons (Fsp3) is 0.684. The van der Waals surface area contributed by atoms with Crippen LogP contribution in [0.3, 0.4) is 0 Å². The minimum Gasteiger partial charge on any atom is -0.312 e. The van der Waals surface area contributed by atoms with Gasteiger partial charge in [-0.1, -0.05) is 44.2 Å². The van der Waals surface area contributed by atoms with E-state index in [0.29, 0.717) is 12.1 Å². The van der Waals surface area contributed by atoms with Crippen molar-refractivity contribution in [3.8, 4) is 0 Å². The first-order chi connectivity index (χ1) is 10.1. The van der Waals surface area contributed by atoms with Gasteiger partial charge in [0.1, 0.15) is 0 Å². The molecule has 1 heterocycles. The summed E-state index contributed by atoms with van der Waals surface area (Å²) in [5, 5.41) is 3.53. The number of benzene rings is 1. The van der Waals surface area contributed by atoms with E-state index in [4.69, 9.17) is 0 Å². The molecule has 21 heavy (non-hydrogen) atoms. The van der Waals surface area contributed by atoms with Crippen molar-refractivity contribution in [1.29, 1.82) is 0 Å². The summed E-state index contributed by atoms with van der Waals surface area (Å²) < 4.78 is 0. The van der Waals surface area contributed by atoms with Crippen LogP contribution >= 0.6 is 0 Å². The van der Waals surface area contributed by atoms with Crippen LogP contribution in [0.25, 0.3) is 0 Å². The molecule has 1 aromatic rings. The molecule has 0 saturated carbocycles. The predicted octanol–water partition coefficient (Wildman–Crippen LogP) is 4.09. The van der Waals surface area contributed by atoms with Gasteiger partial charge >= 0.3 is 0 Å². The van der Waals surface area contributed by atoms with Crippen molar-refractivity contribution in [2.24, 2.45) is 11.8 Å². The standard InChI is InChI=1S/C19H32N2/c1-15(2)17-11-8-13-21(14-12-17)16(3)19(20-4)18-9-6-5-7-10-18/h5-7,9-10,15-17,19-20H,8,11-14H2,1-4H3. The largest absolute Gasteiger partial charge is 0.312 e. The lowest BCUT2D eigenvalue weighted by Crippen LogP contribution is -2.42. The Morgan fingerprint density at radius 2 is 1.76 bits per heavy atom. The van der Waals surface area contributed by atoms with Crippen LogP contribution in [0.15, 0.2) is 30.3 Å². The van der Waals surface area contributed by atoms with E-state index in [-0.39, 0.29) is 0 Å². The van der Waals surface area contributed by atoms with Crippen LogP contribution in [-0.2, 0) is 0 Å². The lowest BCUT2D eigenvalue weighted by molar-refractivity contribution is 0.174. The summed E-state index contributed by atoms with van der Waals surface area (Å²) in [6.45, 7) is 9.63. The molecule has 2 heteroatoms. The summed E-state index contributed by atoms with van der Waals surface area (Å²) in [5.41, 5.74) is 1.40. The number of likely N-dealkylation sites (tertiary alicyclic amines) is 1. The average molecular weight is 288 g/mol. The number of hydrogen-bond donors (Lipinski definition) is 1. The summed E-state index contributed by atoms with van der Waals surface area (Å²) in [4.78, 5) is 2.69. The molecular weight excluding hydrogens is 256 g/mol. The third kappa shape index (κ3) is 4.31. The van der Waals surface area contributed by atoms with Crippen molar-refractivity contribution in [3.63, 3.8) is 0 Å². The van der Waals surface area contributed by atoms with Crippen LogP contribution in [0.5, 0.6) is 0 Å². The quantitative estimate of drug-likeness (QED) is 0.878. The van der Waals surface area contributed by atoms with E-state index >= 15 is 0 Å². The van der Waals surface area contributed by atoms with Crippen LogP contribution in [0, 0.1) is 11.8 Å². The molecule has 0 radical (unpaired) electrons. The molecule has 1 N–H and O–H groups in total. The molecule has 1 aromatic carbocycles. The Morgan fingerprint density at radius 3 is 2.38 bits per heavy atom. The van der Waals surface area contributed by atoms with Gasteiger partial charge in [0.05, 0.1) is 0 Å². The van der Waals surface area contributed by atoms with E-state index in [1.807, 2.05) is 0 Å². The van der Waals surface area contributed by atoms with E-state index < -0.39 is 0 Å². The van der Waals surface area contributed by atoms with Crippen molar-refractivity contribution >= 4 is 0 Å². The Morgan fingerprint density at radius 1 is 1.05 bits per heavy atom. The fourth-order valence-corrected chi connectivity index (χ4v) is 3.78. The number of rotatable bonds is 5. The smallest absolute Gasteiger partial charge is 0.0473 e. The maximum atomic E-state index is 3.53. The third-order valence-electron chi connectivity index (χ3n) is 5.28. The van der Waals surface area contributed by atoms with Gasteiger partial charge in [-0.2, -0.15) is 0 Å². The zero-order valence-corrected chi connectivity index (χ0v) is 14.2. The van der Waals surface area contributed by atoms with Crippen LogP contribution < -0.4 is 5.32 Å². The van der Waals surface area contributed by atoms with Gasteiger partial charge in [-0.3, -0.25) is 4.90 Å². The number of likely N-dealkylation sites (N-methyl/N-ethyl adjacent to an activating group) is 1. The first-order valence-electron chi connectivity index (χ1n) is 8.59. The van der Waals surface area contributed by atoms with Gasteiger partial charge in [0.25, 0.3) is 0 Å². The Bertz CT molecular complexity index is 401. The topological polar surface area (TPSA) is 15.3 Å². The number of hydrogen-bond acceptors (Lipinski definition) is 2. The van der Waals surface area contributed by atoms with E-state index in [9.17, 15) is 0 Å². The second kappa shape index (κ2) is 7.95. The Labute approximate surface area is 130 Å². The molecule has 1 saturated heterocycles. The maximum absolute atomic E-state index is 3.53. The minimum absolute atomic E-state index is 0.418. The normalized spacial score (nSPS) is 23.8. The lowest BCUT2D eigenvalue weighted by Gasteiger charge is -2.34. The van der Waals surface area contributed by atoms with Crippen LogP contribution in [-0.4, -0.2) is 31.1 Å². The second-order valence-corrected chi connectivity index (χ2v) is 6.89. The maximum Gasteiger partial charge on any atom is 0.0473 e. The Kier molecular flexibility index (Phi) is 6.25. The highest BCUT2D eigenvalue weighted by Crippen LogP contribution is 2.28. The molecule has 2 rings (SSSR count). The first kappa shape index (κ1) is 16.5. The van der Waals surface area contributed by atoms with Crippen LogP contribution in [0.1, 0.15) is 51.6 Å². The van der Waals surface area contributed by atoms with Crippen molar-refractivity contribution in [2.75, 3.05) is 20.1 Å². The summed E-state index contributed by atoms with van der Waals surface area (Å²) in [7, 11) is 2.09. The SMILES string of the molecule is CNC(c1ccccc1)C(C)N1CCCC(C(C)C)CC1. The third-order valence-corrected chi connectivity index (χ3v) is 5.28. The minimum atomic E-state index is 0.418. The van der Waals surface area contributed by atoms with Gasteiger partial charge in [0.15, 0.2) is 0 Å². The van der Waals surface area contributed by atoms with E-state index in [1.165, 1.54) is 37.9 Å². The lowest BCUT2D eigenvalue weighted by atomic mass is 9.89. The molecule has 1 aliphatic rings. The molecule has 0 spiro atoms. The Balaban J connectivity index is 2.02. The molecule has 1 aliphatic heterocycles. The predicted molar refractivity (Wildman–Crippen MR) is 91.5 cm³/mol. The van der Waals surface area contributed by atoms with Crippen LogP contribution in [0.2, 0.25) is 0 Å². The summed E-state index contributed by atoms with van der Waals surface area (Å²) in [6.07, 6.45) is 4.10. The highest BCUT2D eigenvalue weighted by atomic mass is 15.2. The van der Waals surface area contributed by atoms with Crippen molar-refractivity contribution < 1.29 is 0 Å². The zero-order valence-electron chi connectivity index (χ0n) is 14.2. The molecule has 3 atom stereocenters. The van der Waals surface area contributed by atoms with Gasteiger partial charge in [-0.05, 0) is 63.7 Å². The molecule has 2 nitrogen and oxygen atoms in total. The summed E-state index contributed by atoms with van der Waals surface area (Å²) >= 11 is 0. The highest BCUT2D eigenvalue weighted by Gasteiger charge is 2.27. The summed E-state index contributed by atoms with van der Waals surface area (Å²) in [6, 6.07) is 11.8. The second-order valence-electron chi connectivity index (χ2n) is 6.89. The highest BCUT2D eigenvalue weighted by molar-refractivity contribution is 5.20. The van der Waals surface area contributed by atoms with Crippen molar-refractivity contribution in [3.05, 3.63) is 35.9 Å². The zero-order chi connectivity index (χ0) is 15.2. The van der Waals surface area contributed by atoms with E-state index in [0.717, 1.165) is 11.8 Å². The first-order valence-corrected chi connectivity index (χ1v) is 8.59. The average Bonchev–Trinajstić information content (AvgIpc) is 2.75. The van der Waals surface area contributed by atoms with Gasteiger partial charge in [0.2, 0.25) is 0 Å². The molecule has 0 aromatic heterocycles. The molecular formula is C19H32N2. The van der Waals surface area contributed by atoms with Gasteiger partial charge in [-0.15, -0.1) is 0 Å². The van der Waals surface area contributed by atoms with E-state index in [1.54, 1.807) is 0 Å². The molecule has 118 valence electrons. The molecule has 1 fully saturated rings. The molecule has 0 amide bonds. The fourth-order valence-electron chi connectivity index (χ4n) is 3.78. The molecule has 0 bridgehead atoms. The van der Waals surface area contributed by atoms with Crippen LogP contribution in [0.4, 0.5) is 0 Å². The summed E-state index contributed by atoms with van der Waals surface area (Å²) in [5.74, 6) is 1.74. The number of nitrogens with zero attached hydrogens (tertiary/aromatic N) is 1. The van der Waals surface area contributed by atoms with Gasteiger partial charge in [0, 0.05) is 12.1 Å². The van der Waals surface area contributed by atoms with Gasteiger partial charge < -0.3 is 5.32 Å². The Hall–Kier alpha value is -0.860.